The van der Waals surface area contributed by atoms with E-state index < -0.39 is 10.0 Å². The minimum absolute atomic E-state index is 0. The Bertz CT molecular complexity index is 1160. The van der Waals surface area contributed by atoms with E-state index in [1.54, 1.807) is 23.7 Å². The topological polar surface area (TPSA) is 71.5 Å². The SMILES string of the molecule is Cc1ccc2c(c1)C1(CCN(c3ccc(S(=O)(=O)Nc4nccs4)cc3)CC1)CO2.[HH]. The van der Waals surface area contributed by atoms with Gasteiger partial charge in [-0.1, -0.05) is 17.7 Å². The lowest BCUT2D eigenvalue weighted by Gasteiger charge is -2.39. The number of sulfonamides is 1. The van der Waals surface area contributed by atoms with Gasteiger partial charge in [0.25, 0.3) is 10.0 Å². The first kappa shape index (κ1) is 19.4. The van der Waals surface area contributed by atoms with Crippen molar-refractivity contribution >= 4 is 32.2 Å². The van der Waals surface area contributed by atoms with E-state index in [0.29, 0.717) is 5.13 Å². The third-order valence-electron chi connectivity index (χ3n) is 6.10. The van der Waals surface area contributed by atoms with Crippen LogP contribution in [0.2, 0.25) is 0 Å². The molecule has 0 saturated carbocycles. The molecule has 0 radical (unpaired) electrons. The molecular formula is C22H25N3O3S2. The second-order valence-electron chi connectivity index (χ2n) is 7.99. The summed E-state index contributed by atoms with van der Waals surface area (Å²) in [5, 5.41) is 2.11. The third-order valence-corrected chi connectivity index (χ3v) is 8.27. The zero-order valence-electron chi connectivity index (χ0n) is 16.7. The zero-order valence-corrected chi connectivity index (χ0v) is 18.3. The van der Waals surface area contributed by atoms with Gasteiger partial charge in [-0.05, 0) is 50.1 Å². The summed E-state index contributed by atoms with van der Waals surface area (Å²) in [4.78, 5) is 6.55. The van der Waals surface area contributed by atoms with Crippen LogP contribution in [0.4, 0.5) is 10.8 Å². The van der Waals surface area contributed by atoms with Gasteiger partial charge in [-0.3, -0.25) is 4.72 Å². The van der Waals surface area contributed by atoms with Gasteiger partial charge in [0.2, 0.25) is 0 Å². The molecule has 2 aliphatic heterocycles. The van der Waals surface area contributed by atoms with Crippen molar-refractivity contribution in [3.8, 4) is 5.75 Å². The lowest BCUT2D eigenvalue weighted by Crippen LogP contribution is -2.43. The molecule has 0 bridgehead atoms. The van der Waals surface area contributed by atoms with Crippen LogP contribution in [-0.2, 0) is 15.4 Å². The van der Waals surface area contributed by atoms with Gasteiger partial charge in [0.05, 0.1) is 11.5 Å². The fraction of sp³-hybridized carbons (Fsp3) is 0.318. The Morgan fingerprint density at radius 3 is 2.63 bits per heavy atom. The van der Waals surface area contributed by atoms with Crippen LogP contribution in [0.3, 0.4) is 0 Å². The van der Waals surface area contributed by atoms with Crippen LogP contribution < -0.4 is 14.4 Å². The number of nitrogens with zero attached hydrogens (tertiary/aromatic N) is 2. The standard InChI is InChI=1S/C22H23N3O3S2.H2/c1-16-2-7-20-19(14-16)22(15-28-20)8-11-25(12-9-22)17-3-5-18(6-4-17)30(26,27)24-21-23-10-13-29-21;/h2-7,10,13-14H,8-9,11-12,15H2,1H3,(H,23,24);1H. The number of hydrogen-bond acceptors (Lipinski definition) is 6. The van der Waals surface area contributed by atoms with E-state index in [1.807, 2.05) is 12.1 Å². The molecule has 3 aromatic rings. The van der Waals surface area contributed by atoms with Crippen molar-refractivity contribution in [3.05, 3.63) is 65.2 Å². The third kappa shape index (κ3) is 3.44. The number of fused-ring (bicyclic) bond motifs is 2. The highest BCUT2D eigenvalue weighted by Crippen LogP contribution is 2.46. The predicted octanol–water partition coefficient (Wildman–Crippen LogP) is 4.43. The fourth-order valence-electron chi connectivity index (χ4n) is 4.37. The Morgan fingerprint density at radius 1 is 1.17 bits per heavy atom. The molecule has 5 rings (SSSR count). The predicted molar refractivity (Wildman–Crippen MR) is 121 cm³/mol. The normalized spacial score (nSPS) is 17.6. The van der Waals surface area contributed by atoms with E-state index in [-0.39, 0.29) is 11.7 Å². The lowest BCUT2D eigenvalue weighted by atomic mass is 9.74. The second-order valence-corrected chi connectivity index (χ2v) is 10.6. The van der Waals surface area contributed by atoms with E-state index >= 15 is 0 Å². The minimum Gasteiger partial charge on any atom is -0.492 e. The molecule has 1 fully saturated rings. The molecule has 0 unspecified atom stereocenters. The highest BCUT2D eigenvalue weighted by atomic mass is 32.2. The van der Waals surface area contributed by atoms with Crippen LogP contribution in [0.1, 0.15) is 25.4 Å². The molecule has 1 N–H and O–H groups in total. The number of nitrogens with one attached hydrogen (secondary N) is 1. The van der Waals surface area contributed by atoms with Gasteiger partial charge in [-0.15, -0.1) is 11.3 Å². The number of hydrogen-bond donors (Lipinski definition) is 1. The van der Waals surface area contributed by atoms with Crippen LogP contribution >= 0.6 is 11.3 Å². The summed E-state index contributed by atoms with van der Waals surface area (Å²) in [5.74, 6) is 1.02. The summed E-state index contributed by atoms with van der Waals surface area (Å²) < 4.78 is 33.6. The number of thiazole rings is 1. The molecule has 2 aliphatic rings. The number of aromatic nitrogens is 1. The van der Waals surface area contributed by atoms with Crippen molar-refractivity contribution in [2.24, 2.45) is 0 Å². The van der Waals surface area contributed by atoms with Gasteiger partial charge in [0.1, 0.15) is 5.75 Å². The summed E-state index contributed by atoms with van der Waals surface area (Å²) in [6.45, 7) is 4.71. The molecule has 30 heavy (non-hydrogen) atoms. The number of anilines is 2. The van der Waals surface area contributed by atoms with Gasteiger partial charge in [-0.25, -0.2) is 13.4 Å². The maximum Gasteiger partial charge on any atom is 0.263 e. The summed E-state index contributed by atoms with van der Waals surface area (Å²) >= 11 is 1.26. The molecule has 2 aromatic carbocycles. The van der Waals surface area contributed by atoms with Crippen molar-refractivity contribution in [2.75, 3.05) is 29.3 Å². The Kier molecular flexibility index (Phi) is 4.71. The smallest absolute Gasteiger partial charge is 0.263 e. The van der Waals surface area contributed by atoms with Crippen molar-refractivity contribution in [1.29, 1.82) is 0 Å². The van der Waals surface area contributed by atoms with Gasteiger partial charge >= 0.3 is 0 Å². The van der Waals surface area contributed by atoms with Crippen LogP contribution in [-0.4, -0.2) is 33.1 Å². The molecule has 8 heteroatoms. The van der Waals surface area contributed by atoms with Crippen molar-refractivity contribution in [3.63, 3.8) is 0 Å². The largest absolute Gasteiger partial charge is 0.492 e. The molecule has 1 spiro atoms. The monoisotopic (exact) mass is 443 g/mol. The molecule has 0 aliphatic carbocycles. The van der Waals surface area contributed by atoms with Crippen LogP contribution in [0.25, 0.3) is 0 Å². The summed E-state index contributed by atoms with van der Waals surface area (Å²) in [6, 6.07) is 13.6. The number of benzene rings is 2. The highest BCUT2D eigenvalue weighted by Gasteiger charge is 2.43. The minimum atomic E-state index is -3.62. The number of aryl methyl sites for hydroxylation is 1. The van der Waals surface area contributed by atoms with Gasteiger partial charge in [0, 0.05) is 42.8 Å². The molecule has 0 atom stereocenters. The Hall–Kier alpha value is -2.58. The quantitative estimate of drug-likeness (QED) is 0.646. The lowest BCUT2D eigenvalue weighted by molar-refractivity contribution is 0.230. The van der Waals surface area contributed by atoms with E-state index in [0.717, 1.165) is 44.0 Å². The highest BCUT2D eigenvalue weighted by molar-refractivity contribution is 7.93. The Balaban J connectivity index is 0.00000231. The molecule has 158 valence electrons. The Labute approximate surface area is 182 Å². The maximum absolute atomic E-state index is 12.5. The average Bonchev–Trinajstić information content (AvgIpc) is 3.37. The van der Waals surface area contributed by atoms with Gasteiger partial charge in [0.15, 0.2) is 5.13 Å². The molecule has 0 amide bonds. The first-order chi connectivity index (χ1) is 14.5. The number of rotatable bonds is 4. The zero-order chi connectivity index (χ0) is 20.8. The number of ether oxygens (including phenoxy) is 1. The number of piperidine rings is 1. The molecule has 6 nitrogen and oxygen atoms in total. The van der Waals surface area contributed by atoms with Gasteiger partial charge in [-0.2, -0.15) is 0 Å². The molecule has 3 heterocycles. The Morgan fingerprint density at radius 2 is 1.93 bits per heavy atom. The van der Waals surface area contributed by atoms with E-state index in [4.69, 9.17) is 4.74 Å². The van der Waals surface area contributed by atoms with E-state index in [2.05, 4.69) is 39.7 Å². The fourth-order valence-corrected chi connectivity index (χ4v) is 6.16. The summed E-state index contributed by atoms with van der Waals surface area (Å²) in [7, 11) is -3.62. The van der Waals surface area contributed by atoms with Crippen LogP contribution in [0.15, 0.2) is 58.9 Å². The van der Waals surface area contributed by atoms with E-state index in [1.165, 1.54) is 22.5 Å². The van der Waals surface area contributed by atoms with E-state index in [9.17, 15) is 8.42 Å². The van der Waals surface area contributed by atoms with Crippen molar-refractivity contribution in [2.45, 2.75) is 30.1 Å². The summed E-state index contributed by atoms with van der Waals surface area (Å²) in [5.41, 5.74) is 3.75. The second kappa shape index (κ2) is 7.28. The van der Waals surface area contributed by atoms with Crippen molar-refractivity contribution in [1.82, 2.24) is 4.98 Å². The first-order valence-electron chi connectivity index (χ1n) is 9.97. The summed E-state index contributed by atoms with van der Waals surface area (Å²) in [6.07, 6.45) is 3.62. The molecule has 1 saturated heterocycles. The van der Waals surface area contributed by atoms with Crippen LogP contribution in [0, 0.1) is 6.92 Å². The van der Waals surface area contributed by atoms with Gasteiger partial charge < -0.3 is 9.64 Å². The molecular weight excluding hydrogens is 418 g/mol. The molecule has 1 aromatic heterocycles. The average molecular weight is 444 g/mol. The van der Waals surface area contributed by atoms with Crippen molar-refractivity contribution < 1.29 is 14.6 Å². The maximum atomic E-state index is 12.5. The van der Waals surface area contributed by atoms with Crippen LogP contribution in [0.5, 0.6) is 5.75 Å². The first-order valence-corrected chi connectivity index (χ1v) is 12.3.